The Hall–Kier alpha value is -1.54. The number of ether oxygens (including phenoxy) is 1. The fourth-order valence-electron chi connectivity index (χ4n) is 1.23. The lowest BCUT2D eigenvalue weighted by molar-refractivity contribution is -0.115. The second-order valence-electron chi connectivity index (χ2n) is 3.09. The zero-order valence-electron chi connectivity index (χ0n) is 8.79. The molecule has 0 unspecified atom stereocenters. The van der Waals surface area contributed by atoms with E-state index in [-0.39, 0.29) is 0 Å². The van der Waals surface area contributed by atoms with Gasteiger partial charge >= 0.3 is 5.91 Å². The summed E-state index contributed by atoms with van der Waals surface area (Å²) in [6.07, 6.45) is 0.677. The number of hydrogen-bond acceptors (Lipinski definition) is 3. The summed E-state index contributed by atoms with van der Waals surface area (Å²) < 4.78 is 5.97. The second-order valence-corrected chi connectivity index (χ2v) is 3.94. The van der Waals surface area contributed by atoms with Crippen molar-refractivity contribution in [3.63, 3.8) is 0 Å². The van der Waals surface area contributed by atoms with Crippen molar-refractivity contribution in [2.75, 3.05) is 13.7 Å². The van der Waals surface area contributed by atoms with Crippen molar-refractivity contribution in [1.29, 1.82) is 5.26 Å². The number of benzene rings is 1. The van der Waals surface area contributed by atoms with Crippen LogP contribution in [0.3, 0.4) is 0 Å². The monoisotopic (exact) mass is 282 g/mol. The molecule has 1 N–H and O–H groups in total. The smallest absolute Gasteiger partial charge is 0.322 e. The highest BCUT2D eigenvalue weighted by molar-refractivity contribution is 9.10. The molecule has 0 saturated carbocycles. The Morgan fingerprint density at radius 2 is 2.38 bits per heavy atom. The van der Waals surface area contributed by atoms with Crippen molar-refractivity contribution in [3.05, 3.63) is 28.2 Å². The van der Waals surface area contributed by atoms with Gasteiger partial charge in [0.25, 0.3) is 0 Å². The number of nitriles is 1. The number of rotatable bonds is 4. The van der Waals surface area contributed by atoms with E-state index in [2.05, 4.69) is 21.2 Å². The fraction of sp³-hybridized carbons (Fsp3) is 0.273. The predicted molar refractivity (Wildman–Crippen MR) is 63.0 cm³/mol. The van der Waals surface area contributed by atoms with Gasteiger partial charge in [0.05, 0.1) is 11.6 Å². The van der Waals surface area contributed by atoms with Crippen molar-refractivity contribution in [2.24, 2.45) is 0 Å². The van der Waals surface area contributed by atoms with Crippen molar-refractivity contribution >= 4 is 21.8 Å². The number of nitrogens with zero attached hydrogens (tertiary/aromatic N) is 1. The van der Waals surface area contributed by atoms with Crippen molar-refractivity contribution in [3.8, 4) is 11.8 Å². The highest BCUT2D eigenvalue weighted by atomic mass is 79.9. The van der Waals surface area contributed by atoms with E-state index in [0.29, 0.717) is 13.0 Å². The summed E-state index contributed by atoms with van der Waals surface area (Å²) in [4.78, 5) is 10.7. The van der Waals surface area contributed by atoms with E-state index in [9.17, 15) is 4.79 Å². The predicted octanol–water partition coefficient (Wildman–Crippen LogP) is 1.64. The van der Waals surface area contributed by atoms with Crippen LogP contribution in [-0.2, 0) is 11.2 Å². The summed E-state index contributed by atoms with van der Waals surface area (Å²) in [7, 11) is 1.60. The largest absolute Gasteiger partial charge is 0.496 e. The number of amides is 1. The van der Waals surface area contributed by atoms with Crippen LogP contribution in [0, 0.1) is 11.3 Å². The number of methoxy groups -OCH3 is 1. The Kier molecular flexibility index (Phi) is 4.80. The van der Waals surface area contributed by atoms with Crippen LogP contribution in [0.2, 0.25) is 0 Å². The molecule has 0 aliphatic heterocycles. The van der Waals surface area contributed by atoms with Crippen molar-refractivity contribution < 1.29 is 9.53 Å². The standard InChI is InChI=1S/C11H11BrN2O2/c1-16-10-3-2-8(6-9(10)12)4-5-14-11(15)7-13/h2-3,6H,4-5H2,1H3,(H,14,15). The van der Waals surface area contributed by atoms with Crippen LogP contribution in [0.4, 0.5) is 0 Å². The fourth-order valence-corrected chi connectivity index (χ4v) is 1.81. The first-order chi connectivity index (χ1) is 7.67. The maximum Gasteiger partial charge on any atom is 0.322 e. The van der Waals surface area contributed by atoms with Gasteiger partial charge in [-0.3, -0.25) is 4.79 Å². The minimum atomic E-state index is -0.604. The van der Waals surface area contributed by atoms with E-state index >= 15 is 0 Å². The van der Waals surface area contributed by atoms with Crippen molar-refractivity contribution in [1.82, 2.24) is 5.32 Å². The van der Waals surface area contributed by atoms with E-state index in [1.54, 1.807) is 7.11 Å². The third-order valence-electron chi connectivity index (χ3n) is 2.02. The summed E-state index contributed by atoms with van der Waals surface area (Å²) in [6.45, 7) is 0.450. The topological polar surface area (TPSA) is 62.1 Å². The van der Waals surface area contributed by atoms with Crippen LogP contribution < -0.4 is 10.1 Å². The lowest BCUT2D eigenvalue weighted by Crippen LogP contribution is -2.23. The van der Waals surface area contributed by atoms with Gasteiger partial charge in [-0.1, -0.05) is 6.07 Å². The Labute approximate surface area is 102 Å². The molecule has 0 spiro atoms. The van der Waals surface area contributed by atoms with E-state index in [1.807, 2.05) is 18.2 Å². The molecule has 1 aromatic rings. The quantitative estimate of drug-likeness (QED) is 0.854. The van der Waals surface area contributed by atoms with E-state index in [1.165, 1.54) is 6.07 Å². The SMILES string of the molecule is COc1ccc(CCNC(=O)C#N)cc1Br. The van der Waals surface area contributed by atoms with Crippen LogP contribution in [0.1, 0.15) is 5.56 Å². The molecule has 0 bridgehead atoms. The summed E-state index contributed by atoms with van der Waals surface area (Å²) in [5.74, 6) is 0.164. The maximum absolute atomic E-state index is 10.7. The zero-order valence-corrected chi connectivity index (χ0v) is 10.4. The minimum absolute atomic E-state index is 0.450. The highest BCUT2D eigenvalue weighted by Gasteiger charge is 2.02. The first kappa shape index (κ1) is 12.5. The van der Waals surface area contributed by atoms with Gasteiger partial charge in [-0.15, -0.1) is 0 Å². The molecule has 84 valence electrons. The Bertz CT molecular complexity index is 426. The van der Waals surface area contributed by atoms with Gasteiger partial charge < -0.3 is 10.1 Å². The molecular formula is C11H11BrN2O2. The summed E-state index contributed by atoms with van der Waals surface area (Å²) in [5, 5.41) is 10.7. The summed E-state index contributed by atoms with van der Waals surface area (Å²) >= 11 is 3.38. The third-order valence-corrected chi connectivity index (χ3v) is 2.64. The molecule has 0 heterocycles. The first-order valence-corrected chi connectivity index (χ1v) is 5.47. The molecule has 0 saturated heterocycles. The van der Waals surface area contributed by atoms with Gasteiger partial charge in [-0.2, -0.15) is 5.26 Å². The van der Waals surface area contributed by atoms with Crippen molar-refractivity contribution in [2.45, 2.75) is 6.42 Å². The van der Waals surface area contributed by atoms with Crippen LogP contribution in [0.15, 0.2) is 22.7 Å². The molecule has 0 aromatic heterocycles. The highest BCUT2D eigenvalue weighted by Crippen LogP contribution is 2.25. The molecule has 0 aliphatic carbocycles. The third kappa shape index (κ3) is 3.55. The molecule has 0 aliphatic rings. The zero-order chi connectivity index (χ0) is 12.0. The number of halogens is 1. The Morgan fingerprint density at radius 3 is 2.94 bits per heavy atom. The summed E-state index contributed by atoms with van der Waals surface area (Å²) in [6, 6.07) is 7.20. The molecule has 5 heteroatoms. The molecule has 1 amide bonds. The molecule has 0 fully saturated rings. The number of carbonyl (C=O) groups is 1. The maximum atomic E-state index is 10.7. The van der Waals surface area contributed by atoms with Crippen LogP contribution >= 0.6 is 15.9 Å². The van der Waals surface area contributed by atoms with Gasteiger partial charge in [-0.05, 0) is 40.0 Å². The second kappa shape index (κ2) is 6.13. The molecule has 1 rings (SSSR count). The van der Waals surface area contributed by atoms with Gasteiger partial charge in [0.2, 0.25) is 0 Å². The van der Waals surface area contributed by atoms with Gasteiger partial charge in [0.15, 0.2) is 6.07 Å². The van der Waals surface area contributed by atoms with Gasteiger partial charge in [0.1, 0.15) is 5.75 Å². The average molecular weight is 283 g/mol. The minimum Gasteiger partial charge on any atom is -0.496 e. The molecule has 0 radical (unpaired) electrons. The van der Waals surface area contributed by atoms with E-state index < -0.39 is 5.91 Å². The lowest BCUT2D eigenvalue weighted by atomic mass is 10.1. The van der Waals surface area contributed by atoms with Crippen LogP contribution in [0.25, 0.3) is 0 Å². The van der Waals surface area contributed by atoms with Crippen LogP contribution in [-0.4, -0.2) is 19.6 Å². The number of hydrogen-bond donors (Lipinski definition) is 1. The molecule has 1 aromatic carbocycles. The Balaban J connectivity index is 2.53. The van der Waals surface area contributed by atoms with Crippen LogP contribution in [0.5, 0.6) is 5.75 Å². The molecule has 0 atom stereocenters. The summed E-state index contributed by atoms with van der Waals surface area (Å²) in [5.41, 5.74) is 1.06. The average Bonchev–Trinajstić information content (AvgIpc) is 2.29. The number of nitrogens with one attached hydrogen (secondary N) is 1. The number of carbonyl (C=O) groups excluding carboxylic acids is 1. The van der Waals surface area contributed by atoms with E-state index in [0.717, 1.165) is 15.8 Å². The molecule has 16 heavy (non-hydrogen) atoms. The van der Waals surface area contributed by atoms with Gasteiger partial charge in [-0.25, -0.2) is 0 Å². The Morgan fingerprint density at radius 1 is 1.62 bits per heavy atom. The lowest BCUT2D eigenvalue weighted by Gasteiger charge is -2.06. The molecular weight excluding hydrogens is 272 g/mol. The normalized spacial score (nSPS) is 9.31. The molecule has 4 nitrogen and oxygen atoms in total. The van der Waals surface area contributed by atoms with Gasteiger partial charge in [0, 0.05) is 6.54 Å². The van der Waals surface area contributed by atoms with E-state index in [4.69, 9.17) is 10.00 Å². The first-order valence-electron chi connectivity index (χ1n) is 4.67.